The summed E-state index contributed by atoms with van der Waals surface area (Å²) in [5, 5.41) is 0. The third-order valence-electron chi connectivity index (χ3n) is 2.52. The maximum Gasteiger partial charge on any atom is 0.306 e. The minimum absolute atomic E-state index is 0.195. The van der Waals surface area contributed by atoms with Gasteiger partial charge in [0.1, 0.15) is 0 Å². The fourth-order valence-electron chi connectivity index (χ4n) is 1.39. The lowest BCUT2D eigenvalue weighted by molar-refractivity contribution is -0.151. The number of esters is 2. The first-order valence-electron chi connectivity index (χ1n) is 6.04. The van der Waals surface area contributed by atoms with Gasteiger partial charge < -0.3 is 9.47 Å². The lowest BCUT2D eigenvalue weighted by atomic mass is 10.4. The summed E-state index contributed by atoms with van der Waals surface area (Å²) in [6.07, 6.45) is 0.756. The van der Waals surface area contributed by atoms with Crippen molar-refractivity contribution in [3.8, 4) is 0 Å². The maximum atomic E-state index is 11.3. The molecule has 4 nitrogen and oxygen atoms in total. The molecule has 0 saturated carbocycles. The van der Waals surface area contributed by atoms with Crippen LogP contribution >= 0.6 is 23.5 Å². The third-order valence-corrected chi connectivity index (χ3v) is 5.95. The molecule has 1 aliphatic heterocycles. The van der Waals surface area contributed by atoms with E-state index in [4.69, 9.17) is 9.47 Å². The van der Waals surface area contributed by atoms with E-state index in [-0.39, 0.29) is 11.9 Å². The number of hydrogen-bond acceptors (Lipinski definition) is 6. The van der Waals surface area contributed by atoms with Crippen LogP contribution in [0.1, 0.15) is 40.5 Å². The van der Waals surface area contributed by atoms with Crippen LogP contribution in [-0.4, -0.2) is 33.3 Å². The van der Waals surface area contributed by atoms with Gasteiger partial charge in [-0.25, -0.2) is 0 Å². The average Bonchev–Trinajstić information content (AvgIpc) is 2.33. The molecule has 1 rings (SSSR count). The Kier molecular flexibility index (Phi) is 5.40. The average molecular weight is 292 g/mol. The molecule has 0 N–H and O–H groups in total. The van der Waals surface area contributed by atoms with Gasteiger partial charge in [0.2, 0.25) is 0 Å². The number of rotatable bonds is 4. The van der Waals surface area contributed by atoms with E-state index in [1.54, 1.807) is 13.8 Å². The summed E-state index contributed by atoms with van der Waals surface area (Å²) in [5.41, 5.74) is 0. The topological polar surface area (TPSA) is 52.6 Å². The van der Waals surface area contributed by atoms with Crippen molar-refractivity contribution in [2.75, 3.05) is 11.5 Å². The van der Waals surface area contributed by atoms with Crippen molar-refractivity contribution in [2.45, 2.75) is 50.4 Å². The van der Waals surface area contributed by atoms with Crippen LogP contribution in [0.5, 0.6) is 0 Å². The highest BCUT2D eigenvalue weighted by molar-refractivity contribution is 8.07. The molecular formula is C12H20O4S2. The van der Waals surface area contributed by atoms with Crippen LogP contribution in [0, 0.1) is 0 Å². The number of carbonyl (C=O) groups excluding carboxylic acids is 2. The first kappa shape index (κ1) is 15.7. The molecule has 1 aliphatic rings. The summed E-state index contributed by atoms with van der Waals surface area (Å²) >= 11 is 3.06. The van der Waals surface area contributed by atoms with E-state index in [1.807, 2.05) is 13.8 Å². The van der Waals surface area contributed by atoms with Gasteiger partial charge in [0, 0.05) is 24.3 Å². The van der Waals surface area contributed by atoms with E-state index >= 15 is 0 Å². The molecule has 0 bridgehead atoms. The van der Waals surface area contributed by atoms with Crippen molar-refractivity contribution >= 4 is 35.5 Å². The minimum Gasteiger partial charge on any atom is -0.447 e. The molecule has 0 amide bonds. The fourth-order valence-corrected chi connectivity index (χ4v) is 3.97. The highest BCUT2D eigenvalue weighted by Crippen LogP contribution is 2.45. The highest BCUT2D eigenvalue weighted by atomic mass is 32.2. The molecule has 1 heterocycles. The van der Waals surface area contributed by atoms with E-state index < -0.39 is 9.87 Å². The van der Waals surface area contributed by atoms with Gasteiger partial charge in [-0.1, -0.05) is 13.8 Å². The molecule has 18 heavy (non-hydrogen) atoms. The lowest BCUT2D eigenvalue weighted by Crippen LogP contribution is -2.43. The number of hydrogen-bond donors (Lipinski definition) is 0. The van der Waals surface area contributed by atoms with E-state index in [2.05, 4.69) is 0 Å². The summed E-state index contributed by atoms with van der Waals surface area (Å²) in [6.45, 7) is 7.36. The van der Waals surface area contributed by atoms with Crippen molar-refractivity contribution in [2.24, 2.45) is 0 Å². The molecular weight excluding hydrogens is 272 g/mol. The first-order chi connectivity index (χ1) is 8.32. The zero-order valence-electron chi connectivity index (χ0n) is 11.3. The van der Waals surface area contributed by atoms with Gasteiger partial charge in [-0.2, -0.15) is 0 Å². The van der Waals surface area contributed by atoms with E-state index in [1.165, 1.54) is 23.5 Å². The molecule has 104 valence electrons. The summed E-state index contributed by atoms with van der Waals surface area (Å²) in [4.78, 5) is 21.6. The zero-order valence-corrected chi connectivity index (χ0v) is 12.9. The molecule has 1 fully saturated rings. The Labute approximate surface area is 117 Å². The van der Waals surface area contributed by atoms with Gasteiger partial charge in [-0.05, 0) is 13.8 Å². The van der Waals surface area contributed by atoms with Crippen molar-refractivity contribution in [3.05, 3.63) is 0 Å². The molecule has 1 saturated heterocycles. The Hall–Kier alpha value is -0.360. The summed E-state index contributed by atoms with van der Waals surface area (Å²) in [7, 11) is 0. The molecule has 0 aromatic carbocycles. The minimum atomic E-state index is -0.518. The van der Waals surface area contributed by atoms with Crippen LogP contribution in [-0.2, 0) is 19.1 Å². The van der Waals surface area contributed by atoms with Crippen LogP contribution < -0.4 is 0 Å². The monoisotopic (exact) mass is 292 g/mol. The number of ether oxygens (including phenoxy) is 2. The highest BCUT2D eigenvalue weighted by Gasteiger charge is 2.43. The second kappa shape index (κ2) is 6.19. The van der Waals surface area contributed by atoms with Crippen LogP contribution in [0.15, 0.2) is 0 Å². The van der Waals surface area contributed by atoms with Gasteiger partial charge in [-0.3, -0.25) is 9.59 Å². The van der Waals surface area contributed by atoms with Gasteiger partial charge in [-0.15, -0.1) is 23.5 Å². The predicted octanol–water partition coefficient (Wildman–Crippen LogP) is 2.81. The van der Waals surface area contributed by atoms with Crippen molar-refractivity contribution in [3.63, 3.8) is 0 Å². The zero-order chi connectivity index (χ0) is 13.8. The van der Waals surface area contributed by atoms with Crippen molar-refractivity contribution in [1.82, 2.24) is 0 Å². The van der Waals surface area contributed by atoms with E-state index in [9.17, 15) is 9.59 Å². The second-order valence-electron chi connectivity index (χ2n) is 4.50. The quantitative estimate of drug-likeness (QED) is 0.743. The molecule has 0 radical (unpaired) electrons. The Morgan fingerprint density at radius 3 is 1.50 bits per heavy atom. The molecule has 0 spiro atoms. The maximum absolute atomic E-state index is 11.3. The molecule has 0 aliphatic carbocycles. The molecule has 0 aromatic rings. The molecule has 6 heteroatoms. The standard InChI is InChI=1S/C12H20O4S2/c1-5-9(13)15-11(3)7-18-12(4,8-17-11)16-10(14)6-2/h5-8H2,1-4H3. The molecule has 0 aromatic heterocycles. The summed E-state index contributed by atoms with van der Waals surface area (Å²) < 4.78 is 10.8. The van der Waals surface area contributed by atoms with Gasteiger partial charge in [0.05, 0.1) is 0 Å². The first-order valence-corrected chi connectivity index (χ1v) is 8.01. The van der Waals surface area contributed by atoms with Gasteiger partial charge in [0.15, 0.2) is 9.87 Å². The third kappa shape index (κ3) is 4.39. The largest absolute Gasteiger partial charge is 0.447 e. The van der Waals surface area contributed by atoms with Crippen LogP contribution in [0.25, 0.3) is 0 Å². The lowest BCUT2D eigenvalue weighted by Gasteiger charge is -2.40. The molecule has 2 unspecified atom stereocenters. The van der Waals surface area contributed by atoms with Crippen LogP contribution in [0.2, 0.25) is 0 Å². The van der Waals surface area contributed by atoms with Crippen LogP contribution in [0.3, 0.4) is 0 Å². The Bertz CT molecular complexity index is 290. The Morgan fingerprint density at radius 1 is 0.944 bits per heavy atom. The second-order valence-corrected chi connectivity index (χ2v) is 7.38. The SMILES string of the molecule is CCC(=O)OC1(C)CSC(C)(OC(=O)CC)CS1. The van der Waals surface area contributed by atoms with Gasteiger partial charge >= 0.3 is 11.9 Å². The molecule has 2 atom stereocenters. The van der Waals surface area contributed by atoms with Crippen molar-refractivity contribution < 1.29 is 19.1 Å². The van der Waals surface area contributed by atoms with Crippen molar-refractivity contribution in [1.29, 1.82) is 0 Å². The van der Waals surface area contributed by atoms with E-state index in [0.29, 0.717) is 24.3 Å². The fraction of sp³-hybridized carbons (Fsp3) is 0.833. The smallest absolute Gasteiger partial charge is 0.306 e. The summed E-state index contributed by atoms with van der Waals surface area (Å²) in [6, 6.07) is 0. The Balaban J connectivity index is 2.53. The Morgan fingerprint density at radius 2 is 1.28 bits per heavy atom. The van der Waals surface area contributed by atoms with E-state index in [0.717, 1.165) is 0 Å². The van der Waals surface area contributed by atoms with Crippen LogP contribution in [0.4, 0.5) is 0 Å². The number of carbonyl (C=O) groups is 2. The van der Waals surface area contributed by atoms with Gasteiger partial charge in [0.25, 0.3) is 0 Å². The number of thioether (sulfide) groups is 2. The predicted molar refractivity (Wildman–Crippen MR) is 74.5 cm³/mol. The normalized spacial score (nSPS) is 31.8. The summed E-state index contributed by atoms with van der Waals surface area (Å²) in [5.74, 6) is 0.855.